The Balaban J connectivity index is 2.63. The predicted octanol–water partition coefficient (Wildman–Crippen LogP) is 2.71. The number of aryl methyl sites for hydroxylation is 1. The van der Waals surface area contributed by atoms with E-state index in [-0.39, 0.29) is 5.96 Å². The van der Waals surface area contributed by atoms with Crippen LogP contribution in [0.3, 0.4) is 0 Å². The SMILES string of the molecule is Cc1cc(Br)c(N2C(N)=NC(N)=NC2(C)C)c(Br)c1. The van der Waals surface area contributed by atoms with Crippen LogP contribution in [0.25, 0.3) is 0 Å². The van der Waals surface area contributed by atoms with E-state index in [0.717, 1.165) is 20.2 Å². The Morgan fingerprint density at radius 1 is 1.16 bits per heavy atom. The molecule has 0 fully saturated rings. The van der Waals surface area contributed by atoms with Gasteiger partial charge in [-0.05, 0) is 70.3 Å². The first kappa shape index (κ1) is 14.3. The van der Waals surface area contributed by atoms with Crippen LogP contribution in [0.5, 0.6) is 0 Å². The Hall–Kier alpha value is -1.08. The Morgan fingerprint density at radius 2 is 1.68 bits per heavy atom. The molecule has 1 aliphatic rings. The van der Waals surface area contributed by atoms with Crippen molar-refractivity contribution in [2.24, 2.45) is 21.5 Å². The smallest absolute Gasteiger partial charge is 0.220 e. The third-order valence-electron chi connectivity index (χ3n) is 2.78. The third kappa shape index (κ3) is 2.62. The van der Waals surface area contributed by atoms with E-state index in [2.05, 4.69) is 41.8 Å². The molecule has 1 aromatic carbocycles. The van der Waals surface area contributed by atoms with Crippen LogP contribution in [-0.2, 0) is 0 Å². The van der Waals surface area contributed by atoms with E-state index >= 15 is 0 Å². The second kappa shape index (κ2) is 4.79. The summed E-state index contributed by atoms with van der Waals surface area (Å²) in [6, 6.07) is 4.04. The van der Waals surface area contributed by atoms with Gasteiger partial charge in [0.05, 0.1) is 5.69 Å². The van der Waals surface area contributed by atoms with Gasteiger partial charge in [0, 0.05) is 8.95 Å². The molecule has 1 heterocycles. The second-order valence-electron chi connectivity index (χ2n) is 4.85. The van der Waals surface area contributed by atoms with Gasteiger partial charge in [-0.2, -0.15) is 4.99 Å². The standard InChI is InChI=1S/C12H15Br2N5/c1-6-4-7(13)9(8(14)5-6)19-11(16)17-10(15)18-12(19,2)3/h4-5H,1-3H3,(H4,15,16,17,18). The van der Waals surface area contributed by atoms with Crippen molar-refractivity contribution in [2.75, 3.05) is 4.90 Å². The minimum atomic E-state index is -0.601. The zero-order chi connectivity index (χ0) is 14.4. The Kier molecular flexibility index (Phi) is 3.61. The van der Waals surface area contributed by atoms with E-state index in [0.29, 0.717) is 5.96 Å². The van der Waals surface area contributed by atoms with Crippen molar-refractivity contribution in [2.45, 2.75) is 26.4 Å². The monoisotopic (exact) mass is 387 g/mol. The fourth-order valence-electron chi connectivity index (χ4n) is 2.10. The van der Waals surface area contributed by atoms with Gasteiger partial charge in [0.1, 0.15) is 5.66 Å². The lowest BCUT2D eigenvalue weighted by atomic mass is 10.1. The van der Waals surface area contributed by atoms with Crippen LogP contribution in [0.1, 0.15) is 19.4 Å². The molecule has 2 rings (SSSR count). The lowest BCUT2D eigenvalue weighted by Crippen LogP contribution is -2.54. The van der Waals surface area contributed by atoms with Gasteiger partial charge in [-0.25, -0.2) is 4.99 Å². The van der Waals surface area contributed by atoms with E-state index in [1.165, 1.54) is 0 Å². The number of hydrogen-bond donors (Lipinski definition) is 2. The average molecular weight is 389 g/mol. The predicted molar refractivity (Wildman–Crippen MR) is 86.4 cm³/mol. The maximum Gasteiger partial charge on any atom is 0.220 e. The minimum absolute atomic E-state index is 0.193. The van der Waals surface area contributed by atoms with Gasteiger partial charge in [-0.15, -0.1) is 0 Å². The molecule has 102 valence electrons. The maximum absolute atomic E-state index is 6.03. The summed E-state index contributed by atoms with van der Waals surface area (Å²) in [5.74, 6) is 0.515. The zero-order valence-electron chi connectivity index (χ0n) is 10.9. The topological polar surface area (TPSA) is 80.0 Å². The number of halogens is 2. The van der Waals surface area contributed by atoms with Crippen LogP contribution in [0.4, 0.5) is 5.69 Å². The van der Waals surface area contributed by atoms with Gasteiger partial charge >= 0.3 is 0 Å². The number of rotatable bonds is 1. The molecule has 4 N–H and O–H groups in total. The molecule has 0 spiro atoms. The summed E-state index contributed by atoms with van der Waals surface area (Å²) >= 11 is 7.13. The second-order valence-corrected chi connectivity index (χ2v) is 6.56. The molecule has 1 aromatic rings. The normalized spacial score (nSPS) is 18.1. The molecule has 0 unspecified atom stereocenters. The van der Waals surface area contributed by atoms with E-state index in [4.69, 9.17) is 11.5 Å². The van der Waals surface area contributed by atoms with Gasteiger partial charge in [-0.3, -0.25) is 4.90 Å². The Morgan fingerprint density at radius 3 is 2.16 bits per heavy atom. The molecule has 5 nitrogen and oxygen atoms in total. The number of hydrogen-bond acceptors (Lipinski definition) is 5. The van der Waals surface area contributed by atoms with Crippen molar-refractivity contribution < 1.29 is 0 Å². The van der Waals surface area contributed by atoms with Crippen molar-refractivity contribution in [3.05, 3.63) is 26.6 Å². The molecule has 0 atom stereocenters. The van der Waals surface area contributed by atoms with Gasteiger partial charge in [0.2, 0.25) is 11.9 Å². The van der Waals surface area contributed by atoms with Crippen LogP contribution < -0.4 is 16.4 Å². The van der Waals surface area contributed by atoms with Crippen LogP contribution >= 0.6 is 31.9 Å². The first-order chi connectivity index (χ1) is 8.72. The third-order valence-corrected chi connectivity index (χ3v) is 3.99. The highest BCUT2D eigenvalue weighted by Crippen LogP contribution is 2.39. The average Bonchev–Trinajstić information content (AvgIpc) is 2.19. The molecule has 0 amide bonds. The molecule has 0 saturated heterocycles. The molecule has 0 aromatic heterocycles. The summed E-state index contributed by atoms with van der Waals surface area (Å²) in [7, 11) is 0. The van der Waals surface area contributed by atoms with Gasteiger partial charge < -0.3 is 11.5 Å². The molecule has 0 saturated carbocycles. The first-order valence-electron chi connectivity index (χ1n) is 5.68. The molecular weight excluding hydrogens is 374 g/mol. The quantitative estimate of drug-likeness (QED) is 0.776. The largest absolute Gasteiger partial charge is 0.369 e. The summed E-state index contributed by atoms with van der Waals surface area (Å²) in [4.78, 5) is 10.2. The summed E-state index contributed by atoms with van der Waals surface area (Å²) in [6.45, 7) is 5.88. The van der Waals surface area contributed by atoms with Crippen molar-refractivity contribution in [3.8, 4) is 0 Å². The van der Waals surface area contributed by atoms with Crippen molar-refractivity contribution >= 4 is 49.5 Å². The lowest BCUT2D eigenvalue weighted by Gasteiger charge is -2.39. The summed E-state index contributed by atoms with van der Waals surface area (Å²) in [5.41, 5.74) is 13.1. The number of aliphatic imine (C=N–C) groups is 2. The highest BCUT2D eigenvalue weighted by Gasteiger charge is 2.35. The number of nitrogens with zero attached hydrogens (tertiary/aromatic N) is 3. The molecule has 7 heteroatoms. The number of nitrogens with two attached hydrogens (primary N) is 2. The van der Waals surface area contributed by atoms with E-state index in [1.807, 2.05) is 37.8 Å². The van der Waals surface area contributed by atoms with E-state index in [1.54, 1.807) is 0 Å². The summed E-state index contributed by atoms with van der Waals surface area (Å²) in [6.07, 6.45) is 0. The summed E-state index contributed by atoms with van der Waals surface area (Å²) in [5, 5.41) is 0. The number of benzene rings is 1. The Bertz CT molecular complexity index is 569. The first-order valence-corrected chi connectivity index (χ1v) is 7.26. The zero-order valence-corrected chi connectivity index (χ0v) is 14.1. The van der Waals surface area contributed by atoms with Crippen molar-refractivity contribution in [1.29, 1.82) is 0 Å². The summed E-state index contributed by atoms with van der Waals surface area (Å²) < 4.78 is 1.84. The fraction of sp³-hybridized carbons (Fsp3) is 0.333. The van der Waals surface area contributed by atoms with Gasteiger partial charge in [-0.1, -0.05) is 0 Å². The maximum atomic E-state index is 6.03. The highest BCUT2D eigenvalue weighted by atomic mass is 79.9. The minimum Gasteiger partial charge on any atom is -0.369 e. The van der Waals surface area contributed by atoms with Gasteiger partial charge in [0.25, 0.3) is 0 Å². The van der Waals surface area contributed by atoms with Crippen LogP contribution in [0.15, 0.2) is 31.1 Å². The molecule has 0 bridgehead atoms. The number of anilines is 1. The van der Waals surface area contributed by atoms with Crippen LogP contribution in [0, 0.1) is 6.92 Å². The van der Waals surface area contributed by atoms with Gasteiger partial charge in [0.15, 0.2) is 0 Å². The molecule has 0 aliphatic carbocycles. The Labute approximate surface area is 129 Å². The fourth-order valence-corrected chi connectivity index (χ4v) is 3.87. The van der Waals surface area contributed by atoms with E-state index in [9.17, 15) is 0 Å². The lowest BCUT2D eigenvalue weighted by molar-refractivity contribution is 0.532. The molecule has 19 heavy (non-hydrogen) atoms. The van der Waals surface area contributed by atoms with Crippen LogP contribution in [-0.4, -0.2) is 17.6 Å². The molecule has 0 radical (unpaired) electrons. The molecule has 1 aliphatic heterocycles. The van der Waals surface area contributed by atoms with Crippen molar-refractivity contribution in [1.82, 2.24) is 0 Å². The van der Waals surface area contributed by atoms with E-state index < -0.39 is 5.66 Å². The molecular formula is C12H15Br2N5. The van der Waals surface area contributed by atoms with Crippen LogP contribution in [0.2, 0.25) is 0 Å². The number of guanidine groups is 2. The van der Waals surface area contributed by atoms with Crippen molar-refractivity contribution in [3.63, 3.8) is 0 Å². The highest BCUT2D eigenvalue weighted by molar-refractivity contribution is 9.11.